The Morgan fingerprint density at radius 1 is 1.32 bits per heavy atom. The van der Waals surface area contributed by atoms with E-state index in [4.69, 9.17) is 9.84 Å². The van der Waals surface area contributed by atoms with Gasteiger partial charge in [-0.05, 0) is 50.9 Å². The third kappa shape index (κ3) is 5.93. The third-order valence-corrected chi connectivity index (χ3v) is 3.50. The van der Waals surface area contributed by atoms with E-state index in [9.17, 15) is 0 Å². The maximum atomic E-state index is 8.73. The molecule has 1 aromatic rings. The maximum Gasteiger partial charge on any atom is 0.124 e. The summed E-state index contributed by atoms with van der Waals surface area (Å²) in [5, 5.41) is 12.1. The van der Waals surface area contributed by atoms with Gasteiger partial charge in [0.05, 0.1) is 6.61 Å². The number of benzene rings is 1. The summed E-state index contributed by atoms with van der Waals surface area (Å²) in [6, 6.07) is 6.40. The largest absolute Gasteiger partial charge is 0.493 e. The molecule has 0 bridgehead atoms. The van der Waals surface area contributed by atoms with Crippen molar-refractivity contribution < 1.29 is 9.84 Å². The number of aliphatic hydroxyl groups excluding tert-OH is 1. The molecule has 0 aliphatic carbocycles. The number of rotatable bonds is 9. The van der Waals surface area contributed by atoms with Crippen molar-refractivity contribution >= 4 is 15.9 Å². The van der Waals surface area contributed by atoms with Gasteiger partial charge in [-0.15, -0.1) is 0 Å². The van der Waals surface area contributed by atoms with Crippen LogP contribution in [0.3, 0.4) is 0 Å². The molecule has 0 aliphatic rings. The average Bonchev–Trinajstić information content (AvgIpc) is 2.40. The first-order chi connectivity index (χ1) is 9.19. The van der Waals surface area contributed by atoms with Crippen molar-refractivity contribution in [1.82, 2.24) is 5.32 Å². The molecule has 4 heteroatoms. The highest BCUT2D eigenvalue weighted by atomic mass is 79.9. The molecule has 0 aromatic heterocycles. The molecule has 1 rings (SSSR count). The lowest BCUT2D eigenvalue weighted by Gasteiger charge is -2.18. The molecule has 3 nitrogen and oxygen atoms in total. The lowest BCUT2D eigenvalue weighted by atomic mass is 10.1. The van der Waals surface area contributed by atoms with E-state index in [0.29, 0.717) is 6.61 Å². The zero-order valence-corrected chi connectivity index (χ0v) is 13.4. The quantitative estimate of drug-likeness (QED) is 0.679. The van der Waals surface area contributed by atoms with Crippen molar-refractivity contribution in [3.63, 3.8) is 0 Å². The predicted octanol–water partition coefficient (Wildman–Crippen LogP) is 3.66. The molecule has 108 valence electrons. The molecule has 1 unspecified atom stereocenters. The number of aliphatic hydroxyl groups is 1. The second-order valence-corrected chi connectivity index (χ2v) is 5.51. The lowest BCUT2D eigenvalue weighted by molar-refractivity contribution is 0.264. The first-order valence-electron chi connectivity index (χ1n) is 6.95. The van der Waals surface area contributed by atoms with Gasteiger partial charge in [-0.3, -0.25) is 0 Å². The molecule has 0 saturated heterocycles. The molecule has 2 N–H and O–H groups in total. The molecule has 0 fully saturated rings. The molecular formula is C15H24BrNO2. The Morgan fingerprint density at radius 3 is 2.79 bits per heavy atom. The minimum absolute atomic E-state index is 0.265. The van der Waals surface area contributed by atoms with Gasteiger partial charge >= 0.3 is 0 Å². The number of nitrogens with one attached hydrogen (secondary N) is 1. The van der Waals surface area contributed by atoms with Crippen LogP contribution < -0.4 is 10.1 Å². The van der Waals surface area contributed by atoms with Gasteiger partial charge < -0.3 is 15.2 Å². The highest BCUT2D eigenvalue weighted by Crippen LogP contribution is 2.28. The fourth-order valence-electron chi connectivity index (χ4n) is 1.98. The molecule has 1 aromatic carbocycles. The highest BCUT2D eigenvalue weighted by Gasteiger charge is 2.11. The van der Waals surface area contributed by atoms with Crippen LogP contribution in [0.1, 0.15) is 44.7 Å². The first kappa shape index (κ1) is 16.5. The average molecular weight is 330 g/mol. The molecule has 1 atom stereocenters. The van der Waals surface area contributed by atoms with E-state index in [-0.39, 0.29) is 12.6 Å². The summed E-state index contributed by atoms with van der Waals surface area (Å²) in [5.74, 6) is 0.945. The molecule has 19 heavy (non-hydrogen) atoms. The van der Waals surface area contributed by atoms with Crippen LogP contribution in [-0.2, 0) is 0 Å². The smallest absolute Gasteiger partial charge is 0.124 e. The molecular weight excluding hydrogens is 306 g/mol. The van der Waals surface area contributed by atoms with Gasteiger partial charge in [0.2, 0.25) is 0 Å². The normalized spacial score (nSPS) is 12.4. The molecule has 0 saturated carbocycles. The van der Waals surface area contributed by atoms with Gasteiger partial charge in [0.25, 0.3) is 0 Å². The summed E-state index contributed by atoms with van der Waals surface area (Å²) in [4.78, 5) is 0. The van der Waals surface area contributed by atoms with Crippen molar-refractivity contribution in [3.05, 3.63) is 28.2 Å². The Bertz CT molecular complexity index is 371. The van der Waals surface area contributed by atoms with Crippen LogP contribution in [0.25, 0.3) is 0 Å². The van der Waals surface area contributed by atoms with E-state index in [1.165, 1.54) is 5.56 Å². The second-order valence-electron chi connectivity index (χ2n) is 4.59. The molecule has 0 spiro atoms. The lowest BCUT2D eigenvalue weighted by Crippen LogP contribution is -2.18. The summed E-state index contributed by atoms with van der Waals surface area (Å²) in [7, 11) is 0. The Morgan fingerprint density at radius 2 is 2.11 bits per heavy atom. The first-order valence-corrected chi connectivity index (χ1v) is 7.74. The van der Waals surface area contributed by atoms with Gasteiger partial charge in [0.15, 0.2) is 0 Å². The Hall–Kier alpha value is -0.580. The molecule has 0 radical (unpaired) electrons. The number of hydrogen-bond donors (Lipinski definition) is 2. The number of ether oxygens (including phenoxy) is 1. The van der Waals surface area contributed by atoms with Crippen LogP contribution in [0, 0.1) is 0 Å². The van der Waals surface area contributed by atoms with Crippen LogP contribution in [0.4, 0.5) is 0 Å². The zero-order valence-electron chi connectivity index (χ0n) is 11.8. The summed E-state index contributed by atoms with van der Waals surface area (Å²) >= 11 is 3.51. The standard InChI is InChI=1S/C15H24BrNO2/c1-3-17-12(2)14-11-13(16)7-8-15(14)19-10-6-4-5-9-18/h7-8,11-12,17-18H,3-6,9-10H2,1-2H3. The van der Waals surface area contributed by atoms with E-state index in [2.05, 4.69) is 41.2 Å². The fraction of sp³-hybridized carbons (Fsp3) is 0.600. The van der Waals surface area contributed by atoms with Gasteiger partial charge in [0, 0.05) is 22.7 Å². The van der Waals surface area contributed by atoms with Crippen LogP contribution >= 0.6 is 15.9 Å². The van der Waals surface area contributed by atoms with E-state index in [1.807, 2.05) is 12.1 Å². The predicted molar refractivity (Wildman–Crippen MR) is 82.7 cm³/mol. The molecule has 0 amide bonds. The molecule has 0 aliphatic heterocycles. The van der Waals surface area contributed by atoms with Crippen molar-refractivity contribution in [1.29, 1.82) is 0 Å². The Kier molecular flexibility index (Phi) is 8.10. The Labute approximate surface area is 124 Å². The van der Waals surface area contributed by atoms with Crippen molar-refractivity contribution in [3.8, 4) is 5.75 Å². The van der Waals surface area contributed by atoms with Crippen LogP contribution in [0.5, 0.6) is 5.75 Å². The third-order valence-electron chi connectivity index (χ3n) is 3.01. The summed E-state index contributed by atoms with van der Waals surface area (Å²) < 4.78 is 6.93. The van der Waals surface area contributed by atoms with Gasteiger partial charge in [-0.25, -0.2) is 0 Å². The summed E-state index contributed by atoms with van der Waals surface area (Å²) in [5.41, 5.74) is 1.18. The van der Waals surface area contributed by atoms with Gasteiger partial charge in [0.1, 0.15) is 5.75 Å². The zero-order chi connectivity index (χ0) is 14.1. The van der Waals surface area contributed by atoms with Crippen LogP contribution in [0.15, 0.2) is 22.7 Å². The van der Waals surface area contributed by atoms with Crippen molar-refractivity contribution in [2.75, 3.05) is 19.8 Å². The van der Waals surface area contributed by atoms with E-state index < -0.39 is 0 Å². The molecule has 0 heterocycles. The highest BCUT2D eigenvalue weighted by molar-refractivity contribution is 9.10. The second kappa shape index (κ2) is 9.34. The van der Waals surface area contributed by atoms with Crippen molar-refractivity contribution in [2.45, 2.75) is 39.2 Å². The minimum Gasteiger partial charge on any atom is -0.493 e. The van der Waals surface area contributed by atoms with E-state index in [0.717, 1.165) is 36.0 Å². The topological polar surface area (TPSA) is 41.5 Å². The van der Waals surface area contributed by atoms with Gasteiger partial charge in [-0.2, -0.15) is 0 Å². The summed E-state index contributed by atoms with van der Waals surface area (Å²) in [6.45, 7) is 6.14. The van der Waals surface area contributed by atoms with Gasteiger partial charge in [-0.1, -0.05) is 22.9 Å². The SMILES string of the molecule is CCNC(C)c1cc(Br)ccc1OCCCCCO. The maximum absolute atomic E-state index is 8.73. The van der Waals surface area contributed by atoms with E-state index in [1.54, 1.807) is 0 Å². The van der Waals surface area contributed by atoms with Crippen molar-refractivity contribution in [2.24, 2.45) is 0 Å². The number of hydrogen-bond acceptors (Lipinski definition) is 3. The monoisotopic (exact) mass is 329 g/mol. The van der Waals surface area contributed by atoms with Crippen LogP contribution in [0.2, 0.25) is 0 Å². The number of halogens is 1. The summed E-state index contributed by atoms with van der Waals surface area (Å²) in [6.07, 6.45) is 2.83. The van der Waals surface area contributed by atoms with Crippen LogP contribution in [-0.4, -0.2) is 24.9 Å². The number of unbranched alkanes of at least 4 members (excludes halogenated alkanes) is 2. The minimum atomic E-state index is 0.265. The van der Waals surface area contributed by atoms with E-state index >= 15 is 0 Å². The Balaban J connectivity index is 2.60. The fourth-order valence-corrected chi connectivity index (χ4v) is 2.36.